The Hall–Kier alpha value is -2.88. The Morgan fingerprint density at radius 2 is 2.12 bits per heavy atom. The van der Waals surface area contributed by atoms with E-state index >= 15 is 0 Å². The van der Waals surface area contributed by atoms with Gasteiger partial charge < -0.3 is 15.9 Å². The van der Waals surface area contributed by atoms with E-state index in [0.29, 0.717) is 11.3 Å². The van der Waals surface area contributed by atoms with Gasteiger partial charge in [-0.1, -0.05) is 17.8 Å². The van der Waals surface area contributed by atoms with Gasteiger partial charge in [0.2, 0.25) is 11.1 Å². The largest absolute Gasteiger partial charge is 0.462 e. The smallest absolute Gasteiger partial charge is 0.338 e. The Morgan fingerprint density at radius 3 is 2.84 bits per heavy atom. The van der Waals surface area contributed by atoms with E-state index in [-0.39, 0.29) is 29.1 Å². The first-order valence-electron chi connectivity index (χ1n) is 7.33. The summed E-state index contributed by atoms with van der Waals surface area (Å²) in [6.07, 6.45) is 0. The number of hydrogen-bond acceptors (Lipinski definition) is 8. The maximum Gasteiger partial charge on any atom is 0.338 e. The van der Waals surface area contributed by atoms with Crippen LogP contribution in [0.1, 0.15) is 23.0 Å². The molecule has 2 rings (SSSR count). The number of aryl methyl sites for hydroxylation is 1. The molecule has 0 radical (unpaired) electrons. The molecule has 0 aliphatic heterocycles. The number of esters is 1. The van der Waals surface area contributed by atoms with Crippen LogP contribution in [0.25, 0.3) is 0 Å². The first kappa shape index (κ1) is 18.5. The number of carbonyl (C=O) groups is 2. The lowest BCUT2D eigenvalue weighted by molar-refractivity contribution is -0.113. The second kappa shape index (κ2) is 8.29. The van der Waals surface area contributed by atoms with Crippen LogP contribution in [0.2, 0.25) is 0 Å². The number of aromatic nitrogens is 3. The lowest BCUT2D eigenvalue weighted by atomic mass is 10.2. The van der Waals surface area contributed by atoms with Gasteiger partial charge in [0.25, 0.3) is 5.56 Å². The summed E-state index contributed by atoms with van der Waals surface area (Å²) in [6, 6.07) is 6.40. The number of anilines is 1. The average molecular weight is 363 g/mol. The molecule has 10 heteroatoms. The molecule has 132 valence electrons. The first-order valence-corrected chi connectivity index (χ1v) is 8.32. The second-order valence-electron chi connectivity index (χ2n) is 4.88. The minimum absolute atomic E-state index is 0.0297. The molecule has 0 aliphatic carbocycles. The van der Waals surface area contributed by atoms with Gasteiger partial charge in [0.15, 0.2) is 0 Å². The molecule has 1 aromatic carbocycles. The molecule has 3 N–H and O–H groups in total. The third-order valence-corrected chi connectivity index (χ3v) is 3.95. The molecule has 1 amide bonds. The molecule has 0 saturated carbocycles. The molecular weight excluding hydrogens is 346 g/mol. The summed E-state index contributed by atoms with van der Waals surface area (Å²) in [5.74, 6) is 4.76. The summed E-state index contributed by atoms with van der Waals surface area (Å²) in [6.45, 7) is 3.48. The summed E-state index contributed by atoms with van der Waals surface area (Å²) in [5, 5.41) is 10.2. The van der Waals surface area contributed by atoms with Gasteiger partial charge in [0.1, 0.15) is 5.69 Å². The van der Waals surface area contributed by atoms with Crippen molar-refractivity contribution < 1.29 is 14.3 Å². The molecule has 0 atom stereocenters. The van der Waals surface area contributed by atoms with Crippen molar-refractivity contribution in [3.8, 4) is 0 Å². The van der Waals surface area contributed by atoms with E-state index < -0.39 is 11.5 Å². The average Bonchev–Trinajstić information content (AvgIpc) is 2.59. The molecule has 0 spiro atoms. The minimum Gasteiger partial charge on any atom is -0.462 e. The highest BCUT2D eigenvalue weighted by atomic mass is 32.2. The zero-order valence-electron chi connectivity index (χ0n) is 13.7. The number of nitrogens with one attached hydrogen (secondary N) is 1. The highest BCUT2D eigenvalue weighted by Gasteiger charge is 2.12. The lowest BCUT2D eigenvalue weighted by Gasteiger charge is -2.08. The highest BCUT2D eigenvalue weighted by Crippen LogP contribution is 2.15. The fourth-order valence-electron chi connectivity index (χ4n) is 1.83. The van der Waals surface area contributed by atoms with Crippen LogP contribution in [0.15, 0.2) is 34.2 Å². The van der Waals surface area contributed by atoms with Crippen LogP contribution in [-0.4, -0.2) is 39.1 Å². The summed E-state index contributed by atoms with van der Waals surface area (Å²) in [7, 11) is 0. The molecular formula is C15H17N5O4S. The van der Waals surface area contributed by atoms with Gasteiger partial charge >= 0.3 is 5.97 Å². The van der Waals surface area contributed by atoms with Gasteiger partial charge in [-0.15, -0.1) is 10.2 Å². The van der Waals surface area contributed by atoms with E-state index in [4.69, 9.17) is 10.6 Å². The zero-order chi connectivity index (χ0) is 18.4. The molecule has 0 fully saturated rings. The molecule has 1 heterocycles. The Labute approximate surface area is 147 Å². The van der Waals surface area contributed by atoms with Crippen LogP contribution in [0.4, 0.5) is 5.69 Å². The number of nitrogens with zero attached hydrogens (tertiary/aromatic N) is 3. The number of ether oxygens (including phenoxy) is 1. The van der Waals surface area contributed by atoms with Crippen molar-refractivity contribution in [1.82, 2.24) is 14.9 Å². The number of thioether (sulfide) groups is 1. The fraction of sp³-hybridized carbons (Fsp3) is 0.267. The topological polar surface area (TPSA) is 129 Å². The van der Waals surface area contributed by atoms with Crippen molar-refractivity contribution in [2.24, 2.45) is 0 Å². The number of nitrogens with two attached hydrogens (primary N) is 1. The zero-order valence-corrected chi connectivity index (χ0v) is 14.5. The van der Waals surface area contributed by atoms with Crippen LogP contribution in [-0.2, 0) is 9.53 Å². The van der Waals surface area contributed by atoms with Crippen molar-refractivity contribution in [2.45, 2.75) is 19.0 Å². The number of amides is 1. The van der Waals surface area contributed by atoms with E-state index in [9.17, 15) is 14.4 Å². The van der Waals surface area contributed by atoms with E-state index in [0.717, 1.165) is 16.4 Å². The monoisotopic (exact) mass is 363 g/mol. The number of carbonyl (C=O) groups excluding carboxylic acids is 2. The normalized spacial score (nSPS) is 10.3. The molecule has 0 bridgehead atoms. The Balaban J connectivity index is 1.99. The van der Waals surface area contributed by atoms with Crippen LogP contribution in [0, 0.1) is 6.92 Å². The van der Waals surface area contributed by atoms with Crippen LogP contribution in [0.3, 0.4) is 0 Å². The van der Waals surface area contributed by atoms with Gasteiger partial charge in [-0.2, -0.15) is 4.68 Å². The SMILES string of the molecule is CCOC(=O)c1cccc(NC(=O)CSc2nnc(C)c(=O)n2N)c1. The second-order valence-corrected chi connectivity index (χ2v) is 5.82. The van der Waals surface area contributed by atoms with Crippen LogP contribution >= 0.6 is 11.8 Å². The van der Waals surface area contributed by atoms with Gasteiger partial charge in [0, 0.05) is 5.69 Å². The van der Waals surface area contributed by atoms with Crippen molar-refractivity contribution in [1.29, 1.82) is 0 Å². The van der Waals surface area contributed by atoms with Crippen LogP contribution < -0.4 is 16.7 Å². The van der Waals surface area contributed by atoms with Crippen molar-refractivity contribution >= 4 is 29.3 Å². The quantitative estimate of drug-likeness (QED) is 0.433. The summed E-state index contributed by atoms with van der Waals surface area (Å²) < 4.78 is 5.76. The molecule has 0 unspecified atom stereocenters. The van der Waals surface area contributed by atoms with E-state index in [1.807, 2.05) is 0 Å². The number of benzene rings is 1. The predicted molar refractivity (Wildman–Crippen MR) is 92.9 cm³/mol. The minimum atomic E-state index is -0.472. The van der Waals surface area contributed by atoms with E-state index in [2.05, 4.69) is 15.5 Å². The third-order valence-electron chi connectivity index (χ3n) is 3.01. The van der Waals surface area contributed by atoms with Crippen molar-refractivity contribution in [3.63, 3.8) is 0 Å². The van der Waals surface area contributed by atoms with Gasteiger partial charge in [-0.05, 0) is 32.0 Å². The number of rotatable bonds is 6. The molecule has 0 saturated heterocycles. The summed E-state index contributed by atoms with van der Waals surface area (Å²) >= 11 is 0.977. The van der Waals surface area contributed by atoms with Crippen molar-refractivity contribution in [2.75, 3.05) is 23.5 Å². The Morgan fingerprint density at radius 1 is 1.36 bits per heavy atom. The van der Waals surface area contributed by atoms with Crippen molar-refractivity contribution in [3.05, 3.63) is 45.9 Å². The maximum absolute atomic E-state index is 12.0. The first-order chi connectivity index (χ1) is 11.9. The third kappa shape index (κ3) is 4.80. The molecule has 1 aromatic heterocycles. The Bertz CT molecular complexity index is 852. The van der Waals surface area contributed by atoms with E-state index in [1.54, 1.807) is 25.1 Å². The van der Waals surface area contributed by atoms with Gasteiger partial charge in [0.05, 0.1) is 17.9 Å². The van der Waals surface area contributed by atoms with Gasteiger partial charge in [-0.25, -0.2) is 4.79 Å². The molecule has 25 heavy (non-hydrogen) atoms. The van der Waals surface area contributed by atoms with Gasteiger partial charge in [-0.3, -0.25) is 9.59 Å². The number of hydrogen-bond donors (Lipinski definition) is 2. The summed E-state index contributed by atoms with van der Waals surface area (Å²) in [5.41, 5.74) is 0.496. The molecule has 9 nitrogen and oxygen atoms in total. The number of nitrogen functional groups attached to an aromatic ring is 1. The Kier molecular flexibility index (Phi) is 6.12. The highest BCUT2D eigenvalue weighted by molar-refractivity contribution is 7.99. The lowest BCUT2D eigenvalue weighted by Crippen LogP contribution is -2.32. The van der Waals surface area contributed by atoms with Crippen LogP contribution in [0.5, 0.6) is 0 Å². The molecule has 2 aromatic rings. The molecule has 0 aliphatic rings. The fourth-order valence-corrected chi connectivity index (χ4v) is 2.49. The summed E-state index contributed by atoms with van der Waals surface area (Å²) in [4.78, 5) is 35.4. The van der Waals surface area contributed by atoms with E-state index in [1.165, 1.54) is 13.0 Å². The standard InChI is InChI=1S/C15H17N5O4S/c1-3-24-14(23)10-5-4-6-11(7-10)17-12(21)8-25-15-19-18-9(2)13(22)20(15)16/h4-7H,3,8,16H2,1-2H3,(H,17,21). The predicted octanol–water partition coefficient (Wildman–Crippen LogP) is 0.568. The maximum atomic E-state index is 12.0.